The van der Waals surface area contributed by atoms with Gasteiger partial charge in [0.05, 0.1) is 6.04 Å². The molecule has 6 atom stereocenters. The average Bonchev–Trinajstić information content (AvgIpc) is 3.50. The minimum atomic E-state index is -0.956. The van der Waals surface area contributed by atoms with Crippen molar-refractivity contribution in [1.29, 1.82) is 5.41 Å². The van der Waals surface area contributed by atoms with Crippen LogP contribution >= 0.6 is 0 Å². The maximum Gasteiger partial charge on any atom is 0.249 e. The van der Waals surface area contributed by atoms with E-state index in [0.29, 0.717) is 50.1 Å². The van der Waals surface area contributed by atoms with Crippen LogP contribution in [0.4, 0.5) is 0 Å². The maximum absolute atomic E-state index is 14.1. The number of hydrogen-bond donors (Lipinski definition) is 8. The van der Waals surface area contributed by atoms with E-state index in [-0.39, 0.29) is 23.5 Å². The highest BCUT2D eigenvalue weighted by atomic mass is 16.5. The molecule has 1 aromatic heterocycles. The van der Waals surface area contributed by atoms with Gasteiger partial charge in [-0.05, 0) is 119 Å². The Labute approximate surface area is 278 Å². The van der Waals surface area contributed by atoms with Crippen LogP contribution in [0.2, 0.25) is 0 Å². The van der Waals surface area contributed by atoms with Crippen LogP contribution in [0.3, 0.4) is 0 Å². The number of aromatic nitrogens is 2. The quantitative estimate of drug-likeness (QED) is 0.0750. The second-order valence-electron chi connectivity index (χ2n) is 14.0. The number of carbonyl (C=O) groups excluding carboxylic acids is 2. The van der Waals surface area contributed by atoms with Crippen molar-refractivity contribution in [3.05, 3.63) is 40.5 Å². The number of guanidine groups is 1. The van der Waals surface area contributed by atoms with E-state index in [2.05, 4.69) is 28.0 Å². The van der Waals surface area contributed by atoms with Gasteiger partial charge in [0.25, 0.3) is 0 Å². The topological polar surface area (TPSA) is 231 Å². The summed E-state index contributed by atoms with van der Waals surface area (Å²) in [4.78, 5) is 32.3. The number of aromatic hydroxyl groups is 1. The Hall–Kier alpha value is -3.71. The first-order chi connectivity index (χ1) is 22.4. The number of aryl methyl sites for hydroxylation is 2. The molecule has 1 heterocycles. The molecule has 2 aromatic rings. The lowest BCUT2D eigenvalue weighted by Crippen LogP contribution is -2.53. The lowest BCUT2D eigenvalue weighted by Gasteiger charge is -2.45. The summed E-state index contributed by atoms with van der Waals surface area (Å²) in [7, 11) is 0. The van der Waals surface area contributed by atoms with Gasteiger partial charge >= 0.3 is 0 Å². The number of carbonyl (C=O) groups is 2. The van der Waals surface area contributed by atoms with Gasteiger partial charge in [-0.3, -0.25) is 15.0 Å². The number of phenols is 1. The molecular weight excluding hydrogens is 598 g/mol. The largest absolute Gasteiger partial charge is 0.508 e. The lowest BCUT2D eigenvalue weighted by atomic mass is 9.59. The Bertz CT molecular complexity index is 1350. The SMILES string of the molecule is Cc1cc(O)cc(C)c1C[C@H](NC(=O)[C@H](N)CCCNC(=N)N)C(=O)N[C@@H](CCCCN)c1nc(C23CCCC(CC(C)C2)C3)no1. The molecule has 2 fully saturated rings. The van der Waals surface area contributed by atoms with E-state index >= 15 is 0 Å². The molecule has 3 unspecified atom stereocenters. The van der Waals surface area contributed by atoms with Crippen LogP contribution in [0.1, 0.15) is 112 Å². The highest BCUT2D eigenvalue weighted by Crippen LogP contribution is 2.51. The van der Waals surface area contributed by atoms with E-state index in [9.17, 15) is 14.7 Å². The van der Waals surface area contributed by atoms with Crippen LogP contribution in [-0.2, 0) is 21.4 Å². The molecule has 13 nitrogen and oxygen atoms in total. The second kappa shape index (κ2) is 16.4. The molecule has 0 aliphatic heterocycles. The summed E-state index contributed by atoms with van der Waals surface area (Å²) >= 11 is 0. The smallest absolute Gasteiger partial charge is 0.249 e. The molecule has 2 bridgehead atoms. The predicted octanol–water partition coefficient (Wildman–Crippen LogP) is 2.85. The number of phenolic OH excluding ortho intramolecular Hbond substituents is 1. The molecule has 4 rings (SSSR count). The van der Waals surface area contributed by atoms with Crippen LogP contribution in [0.5, 0.6) is 5.75 Å². The summed E-state index contributed by atoms with van der Waals surface area (Å²) in [5, 5.41) is 30.6. The Kier molecular flexibility index (Phi) is 12.6. The normalized spacial score (nSPS) is 22.6. The molecule has 260 valence electrons. The maximum atomic E-state index is 14.1. The summed E-state index contributed by atoms with van der Waals surface area (Å²) in [6.45, 7) is 6.97. The Morgan fingerprint density at radius 3 is 2.57 bits per heavy atom. The minimum absolute atomic E-state index is 0.0886. The van der Waals surface area contributed by atoms with Crippen molar-refractivity contribution in [2.75, 3.05) is 13.1 Å². The molecule has 2 aliphatic carbocycles. The monoisotopic (exact) mass is 653 g/mol. The molecule has 2 saturated carbocycles. The fraction of sp³-hybridized carbons (Fsp3) is 0.676. The first kappa shape index (κ1) is 36.1. The van der Waals surface area contributed by atoms with E-state index in [1.807, 2.05) is 13.8 Å². The van der Waals surface area contributed by atoms with Gasteiger partial charge in [-0.15, -0.1) is 0 Å². The van der Waals surface area contributed by atoms with Gasteiger partial charge in [-0.2, -0.15) is 4.98 Å². The molecule has 1 aromatic carbocycles. The third-order valence-electron chi connectivity index (χ3n) is 9.97. The van der Waals surface area contributed by atoms with Crippen molar-refractivity contribution >= 4 is 17.8 Å². The fourth-order valence-electron chi connectivity index (χ4n) is 7.76. The van der Waals surface area contributed by atoms with Crippen molar-refractivity contribution in [3.8, 4) is 5.75 Å². The van der Waals surface area contributed by atoms with Gasteiger partial charge in [0.2, 0.25) is 17.7 Å². The van der Waals surface area contributed by atoms with E-state index in [1.54, 1.807) is 12.1 Å². The molecule has 13 heteroatoms. The number of fused-ring (bicyclic) bond motifs is 2. The summed E-state index contributed by atoms with van der Waals surface area (Å²) in [5.74, 6) is 1.54. The molecular formula is C34H55N9O4. The summed E-state index contributed by atoms with van der Waals surface area (Å²) in [6.07, 6.45) is 9.94. The first-order valence-corrected chi connectivity index (χ1v) is 17.2. The Morgan fingerprint density at radius 1 is 1.13 bits per heavy atom. The van der Waals surface area contributed by atoms with Gasteiger partial charge in [0.1, 0.15) is 17.8 Å². The molecule has 2 aliphatic rings. The summed E-state index contributed by atoms with van der Waals surface area (Å²) in [5.41, 5.74) is 19.7. The highest BCUT2D eigenvalue weighted by molar-refractivity contribution is 5.90. The lowest BCUT2D eigenvalue weighted by molar-refractivity contribution is -0.130. The van der Waals surface area contributed by atoms with Gasteiger partial charge in [-0.1, -0.05) is 24.9 Å². The van der Waals surface area contributed by atoms with Crippen molar-refractivity contribution in [3.63, 3.8) is 0 Å². The van der Waals surface area contributed by atoms with Crippen LogP contribution in [0, 0.1) is 31.1 Å². The molecule has 2 amide bonds. The molecule has 47 heavy (non-hydrogen) atoms. The van der Waals surface area contributed by atoms with Gasteiger partial charge in [0.15, 0.2) is 11.8 Å². The second-order valence-corrected chi connectivity index (χ2v) is 14.0. The highest BCUT2D eigenvalue weighted by Gasteiger charge is 2.46. The van der Waals surface area contributed by atoms with Gasteiger partial charge in [-0.25, -0.2) is 0 Å². The van der Waals surface area contributed by atoms with Crippen LogP contribution in [0.25, 0.3) is 0 Å². The Balaban J connectivity index is 1.55. The molecule has 0 saturated heterocycles. The molecule has 11 N–H and O–H groups in total. The number of unbranched alkanes of at least 4 members (excludes halogenated alkanes) is 1. The van der Waals surface area contributed by atoms with Crippen LogP contribution < -0.4 is 33.2 Å². The van der Waals surface area contributed by atoms with Crippen molar-refractivity contribution < 1.29 is 19.2 Å². The third-order valence-corrected chi connectivity index (χ3v) is 9.97. The zero-order valence-electron chi connectivity index (χ0n) is 28.2. The Morgan fingerprint density at radius 2 is 1.87 bits per heavy atom. The van der Waals surface area contributed by atoms with Crippen LogP contribution in [0.15, 0.2) is 16.7 Å². The predicted molar refractivity (Wildman–Crippen MR) is 180 cm³/mol. The first-order valence-electron chi connectivity index (χ1n) is 17.2. The molecule has 0 radical (unpaired) electrons. The van der Waals surface area contributed by atoms with Crippen molar-refractivity contribution in [2.24, 2.45) is 29.0 Å². The zero-order chi connectivity index (χ0) is 34.1. The summed E-state index contributed by atoms with van der Waals surface area (Å²) in [6, 6.07) is 0.909. The van der Waals surface area contributed by atoms with Crippen molar-refractivity contribution in [1.82, 2.24) is 26.1 Å². The number of nitrogens with two attached hydrogens (primary N) is 3. The average molecular weight is 654 g/mol. The summed E-state index contributed by atoms with van der Waals surface area (Å²) < 4.78 is 5.90. The van der Waals surface area contributed by atoms with E-state index in [1.165, 1.54) is 12.8 Å². The number of hydrogen-bond acceptors (Lipinski definition) is 9. The van der Waals surface area contributed by atoms with Crippen molar-refractivity contribution in [2.45, 2.75) is 121 Å². The minimum Gasteiger partial charge on any atom is -0.508 e. The van der Waals surface area contributed by atoms with E-state index in [0.717, 1.165) is 61.0 Å². The number of amides is 2. The van der Waals surface area contributed by atoms with Gasteiger partial charge < -0.3 is 42.8 Å². The van der Waals surface area contributed by atoms with Crippen LogP contribution in [-0.4, -0.2) is 58.2 Å². The van der Waals surface area contributed by atoms with E-state index < -0.39 is 29.9 Å². The number of benzene rings is 1. The van der Waals surface area contributed by atoms with Gasteiger partial charge in [0, 0.05) is 18.4 Å². The zero-order valence-corrected chi connectivity index (χ0v) is 28.2. The van der Waals surface area contributed by atoms with E-state index in [4.69, 9.17) is 32.1 Å². The molecule has 0 spiro atoms. The fourth-order valence-corrected chi connectivity index (χ4v) is 7.76. The number of nitrogens with zero attached hydrogens (tertiary/aromatic N) is 2. The number of rotatable bonds is 16. The standard InChI is InChI=1S/C34H55N9O4/c1-20-14-23-8-6-11-34(18-20,19-23)32-42-31(47-43-32)27(10-4-5-12-35)40-30(46)28(17-25-21(2)15-24(44)16-22(25)3)41-29(45)26(36)9-7-13-39-33(37)38/h15-16,20,23,26-28,44H,4-14,17-19,35-36H2,1-3H3,(H,40,46)(H,41,45)(H4,37,38,39)/t20?,23?,26-,27+,28+,34?/m1/s1. The third kappa shape index (κ3) is 9.66. The number of nitrogens with one attached hydrogen (secondary N) is 4.